The van der Waals surface area contributed by atoms with E-state index in [2.05, 4.69) is 19.2 Å². The van der Waals surface area contributed by atoms with Gasteiger partial charge in [0.2, 0.25) is 5.91 Å². The summed E-state index contributed by atoms with van der Waals surface area (Å²) in [5.41, 5.74) is 1.81. The Morgan fingerprint density at radius 3 is 2.85 bits per heavy atom. The second-order valence-electron chi connectivity index (χ2n) is 5.67. The highest BCUT2D eigenvalue weighted by Gasteiger charge is 2.25. The van der Waals surface area contributed by atoms with E-state index in [-0.39, 0.29) is 18.4 Å². The fourth-order valence-electron chi connectivity index (χ4n) is 2.35. The minimum absolute atomic E-state index is 0.0362. The first-order valence-corrected chi connectivity index (χ1v) is 7.22. The standard InChI is InChI=1S/C16H22N2O2/c1-12(2)7-9-17-15(19)11-18-10-8-13-5-3-4-6-14(13)16(18)20/h3-6,12H,7-11H2,1-2H3,(H,17,19). The maximum atomic E-state index is 12.3. The predicted molar refractivity (Wildman–Crippen MR) is 78.5 cm³/mol. The summed E-state index contributed by atoms with van der Waals surface area (Å²) in [6.45, 7) is 5.70. The second-order valence-corrected chi connectivity index (χ2v) is 5.67. The van der Waals surface area contributed by atoms with Crippen LogP contribution < -0.4 is 5.32 Å². The Morgan fingerprint density at radius 2 is 2.10 bits per heavy atom. The summed E-state index contributed by atoms with van der Waals surface area (Å²) in [5.74, 6) is 0.461. The molecular formula is C16H22N2O2. The molecule has 0 bridgehead atoms. The van der Waals surface area contributed by atoms with E-state index in [9.17, 15) is 9.59 Å². The van der Waals surface area contributed by atoms with Crippen LogP contribution in [0.4, 0.5) is 0 Å². The van der Waals surface area contributed by atoms with Gasteiger partial charge in [0.15, 0.2) is 0 Å². The van der Waals surface area contributed by atoms with E-state index in [1.165, 1.54) is 0 Å². The summed E-state index contributed by atoms with van der Waals surface area (Å²) in [6, 6.07) is 7.62. The van der Waals surface area contributed by atoms with Gasteiger partial charge >= 0.3 is 0 Å². The number of hydrogen-bond acceptors (Lipinski definition) is 2. The molecule has 0 radical (unpaired) electrons. The van der Waals surface area contributed by atoms with Crippen molar-refractivity contribution in [3.63, 3.8) is 0 Å². The molecule has 1 N–H and O–H groups in total. The predicted octanol–water partition coefficient (Wildman–Crippen LogP) is 1.85. The van der Waals surface area contributed by atoms with Gasteiger partial charge < -0.3 is 10.2 Å². The Hall–Kier alpha value is -1.84. The molecule has 2 amide bonds. The number of carbonyl (C=O) groups is 2. The Kier molecular flexibility index (Phi) is 4.77. The van der Waals surface area contributed by atoms with E-state index in [4.69, 9.17) is 0 Å². The van der Waals surface area contributed by atoms with Gasteiger partial charge in [-0.05, 0) is 30.4 Å². The van der Waals surface area contributed by atoms with Gasteiger partial charge in [0.1, 0.15) is 0 Å². The van der Waals surface area contributed by atoms with E-state index in [1.54, 1.807) is 4.90 Å². The highest BCUT2D eigenvalue weighted by atomic mass is 16.2. The van der Waals surface area contributed by atoms with Crippen LogP contribution in [0, 0.1) is 5.92 Å². The average molecular weight is 274 g/mol. The first kappa shape index (κ1) is 14.6. The number of benzene rings is 1. The van der Waals surface area contributed by atoms with E-state index in [1.807, 2.05) is 24.3 Å². The number of amides is 2. The Bertz CT molecular complexity index is 497. The molecule has 4 heteroatoms. The first-order chi connectivity index (χ1) is 9.58. The van der Waals surface area contributed by atoms with Crippen molar-refractivity contribution < 1.29 is 9.59 Å². The van der Waals surface area contributed by atoms with E-state index in [0.29, 0.717) is 19.0 Å². The number of carbonyl (C=O) groups excluding carboxylic acids is 2. The van der Waals surface area contributed by atoms with Gasteiger partial charge in [-0.15, -0.1) is 0 Å². The lowest BCUT2D eigenvalue weighted by molar-refractivity contribution is -0.121. The van der Waals surface area contributed by atoms with E-state index >= 15 is 0 Å². The molecule has 4 nitrogen and oxygen atoms in total. The highest BCUT2D eigenvalue weighted by Crippen LogP contribution is 2.18. The lowest BCUT2D eigenvalue weighted by Gasteiger charge is -2.28. The molecule has 0 saturated carbocycles. The SMILES string of the molecule is CC(C)CCNC(=O)CN1CCc2ccccc2C1=O. The van der Waals surface area contributed by atoms with Crippen molar-refractivity contribution in [3.8, 4) is 0 Å². The third-order valence-electron chi connectivity index (χ3n) is 3.56. The van der Waals surface area contributed by atoms with Crippen molar-refractivity contribution in [1.29, 1.82) is 0 Å². The van der Waals surface area contributed by atoms with Crippen LogP contribution in [0.3, 0.4) is 0 Å². The molecule has 0 unspecified atom stereocenters. The fourth-order valence-corrected chi connectivity index (χ4v) is 2.35. The van der Waals surface area contributed by atoms with Gasteiger partial charge in [-0.25, -0.2) is 0 Å². The lowest BCUT2D eigenvalue weighted by atomic mass is 9.99. The third-order valence-corrected chi connectivity index (χ3v) is 3.56. The molecule has 0 spiro atoms. The average Bonchev–Trinajstić information content (AvgIpc) is 2.42. The molecule has 0 fully saturated rings. The zero-order chi connectivity index (χ0) is 14.5. The van der Waals surface area contributed by atoms with Gasteiger partial charge in [0, 0.05) is 18.7 Å². The monoisotopic (exact) mass is 274 g/mol. The van der Waals surface area contributed by atoms with Crippen LogP contribution in [0.25, 0.3) is 0 Å². The molecule has 1 aliphatic heterocycles. The first-order valence-electron chi connectivity index (χ1n) is 7.22. The number of nitrogens with zero attached hydrogens (tertiary/aromatic N) is 1. The normalized spacial score (nSPS) is 14.3. The fraction of sp³-hybridized carbons (Fsp3) is 0.500. The van der Waals surface area contributed by atoms with Gasteiger partial charge in [-0.2, -0.15) is 0 Å². The zero-order valence-corrected chi connectivity index (χ0v) is 12.2. The molecule has 1 aromatic carbocycles. The van der Waals surface area contributed by atoms with Crippen LogP contribution in [0.2, 0.25) is 0 Å². The quantitative estimate of drug-likeness (QED) is 0.891. The minimum atomic E-state index is -0.0709. The van der Waals surface area contributed by atoms with Crippen LogP contribution >= 0.6 is 0 Å². The summed E-state index contributed by atoms with van der Waals surface area (Å²) in [6.07, 6.45) is 1.78. The Balaban J connectivity index is 1.89. The summed E-state index contributed by atoms with van der Waals surface area (Å²) in [5, 5.41) is 2.87. The van der Waals surface area contributed by atoms with Crippen molar-refractivity contribution >= 4 is 11.8 Å². The molecular weight excluding hydrogens is 252 g/mol. The maximum absolute atomic E-state index is 12.3. The second kappa shape index (κ2) is 6.55. The smallest absolute Gasteiger partial charge is 0.254 e. The Labute approximate surface area is 120 Å². The Morgan fingerprint density at radius 1 is 1.35 bits per heavy atom. The van der Waals surface area contributed by atoms with Crippen LogP contribution in [-0.2, 0) is 11.2 Å². The molecule has 0 saturated heterocycles. The number of hydrogen-bond donors (Lipinski definition) is 1. The molecule has 1 heterocycles. The van der Waals surface area contributed by atoms with Crippen molar-refractivity contribution in [2.75, 3.05) is 19.6 Å². The highest BCUT2D eigenvalue weighted by molar-refractivity contribution is 5.98. The summed E-state index contributed by atoms with van der Waals surface area (Å²) in [4.78, 5) is 25.8. The van der Waals surface area contributed by atoms with E-state index in [0.717, 1.165) is 24.0 Å². The molecule has 1 aliphatic rings. The summed E-state index contributed by atoms with van der Waals surface area (Å²) in [7, 11) is 0. The molecule has 2 rings (SSSR count). The summed E-state index contributed by atoms with van der Waals surface area (Å²) < 4.78 is 0. The summed E-state index contributed by atoms with van der Waals surface area (Å²) >= 11 is 0. The van der Waals surface area contributed by atoms with Gasteiger partial charge in [0.25, 0.3) is 5.91 Å². The maximum Gasteiger partial charge on any atom is 0.254 e. The molecule has 108 valence electrons. The van der Waals surface area contributed by atoms with Crippen LogP contribution in [0.15, 0.2) is 24.3 Å². The van der Waals surface area contributed by atoms with Crippen molar-refractivity contribution in [2.45, 2.75) is 26.7 Å². The number of nitrogens with one attached hydrogen (secondary N) is 1. The minimum Gasteiger partial charge on any atom is -0.355 e. The van der Waals surface area contributed by atoms with Gasteiger partial charge in [-0.1, -0.05) is 32.0 Å². The van der Waals surface area contributed by atoms with Crippen molar-refractivity contribution in [1.82, 2.24) is 10.2 Å². The number of rotatable bonds is 5. The lowest BCUT2D eigenvalue weighted by Crippen LogP contribution is -2.44. The van der Waals surface area contributed by atoms with Crippen molar-refractivity contribution in [3.05, 3.63) is 35.4 Å². The van der Waals surface area contributed by atoms with Crippen LogP contribution in [0.5, 0.6) is 0 Å². The third kappa shape index (κ3) is 3.59. The van der Waals surface area contributed by atoms with Crippen LogP contribution in [0.1, 0.15) is 36.2 Å². The van der Waals surface area contributed by atoms with Gasteiger partial charge in [-0.3, -0.25) is 9.59 Å². The zero-order valence-electron chi connectivity index (χ0n) is 12.2. The van der Waals surface area contributed by atoms with Crippen LogP contribution in [-0.4, -0.2) is 36.3 Å². The molecule has 0 aliphatic carbocycles. The number of fused-ring (bicyclic) bond motifs is 1. The molecule has 0 atom stereocenters. The van der Waals surface area contributed by atoms with Crippen molar-refractivity contribution in [2.24, 2.45) is 5.92 Å². The largest absolute Gasteiger partial charge is 0.355 e. The van der Waals surface area contributed by atoms with E-state index < -0.39 is 0 Å². The van der Waals surface area contributed by atoms with Gasteiger partial charge in [0.05, 0.1) is 6.54 Å². The molecule has 1 aromatic rings. The molecule has 20 heavy (non-hydrogen) atoms. The topological polar surface area (TPSA) is 49.4 Å². The molecule has 0 aromatic heterocycles.